The van der Waals surface area contributed by atoms with Gasteiger partial charge in [0.2, 0.25) is 41.4 Å². The summed E-state index contributed by atoms with van der Waals surface area (Å²) in [6, 6.07) is -3.20. The highest BCUT2D eigenvalue weighted by Gasteiger charge is 2.42. The second-order valence-electron chi connectivity index (χ2n) is 19.7. The summed E-state index contributed by atoms with van der Waals surface area (Å²) in [7, 11) is 0. The van der Waals surface area contributed by atoms with Crippen LogP contribution >= 0.6 is 0 Å². The zero-order chi connectivity index (χ0) is 55.1. The van der Waals surface area contributed by atoms with Crippen LogP contribution in [0.5, 0.6) is 5.75 Å². The minimum atomic E-state index is -1.33. The maximum absolute atomic E-state index is 14.7. The van der Waals surface area contributed by atoms with E-state index < -0.39 is 102 Å². The SMILES string of the molecule is CC[C@H](C)[C@H](NC(=O)[C@H](Cc1ccc(O)cc1)NC(=O)[C@@H]1CCCN1C(=O)[C@H](CCCNC(=N)N)NC(=O)[C@H](CCCNC(=N)N)NC(=O)[C@@H]1CCCN1C(=O)[C@@H](N)CCCCN)C(=O)N[C@@H](CC(C)C)C(=O)O. The highest BCUT2D eigenvalue weighted by atomic mass is 16.4. The number of nitrogens with one attached hydrogen (secondary N) is 9. The van der Waals surface area contributed by atoms with Crippen LogP contribution in [0.15, 0.2) is 24.3 Å². The van der Waals surface area contributed by atoms with Gasteiger partial charge in [-0.05, 0) is 107 Å². The molecular weight excluding hydrogens is 959 g/mol. The molecule has 2 fully saturated rings. The van der Waals surface area contributed by atoms with Crippen LogP contribution in [0.25, 0.3) is 0 Å². The van der Waals surface area contributed by atoms with E-state index in [1.54, 1.807) is 26.0 Å². The normalized spacial score (nSPS) is 18.1. The third-order valence-corrected chi connectivity index (χ3v) is 13.3. The minimum Gasteiger partial charge on any atom is -0.508 e. The second-order valence-corrected chi connectivity index (χ2v) is 19.7. The predicted octanol–water partition coefficient (Wildman–Crippen LogP) is -1.50. The van der Waals surface area contributed by atoms with Crippen LogP contribution in [0, 0.1) is 22.7 Å². The Morgan fingerprint density at radius 3 is 1.70 bits per heavy atom. The number of carboxylic acid groups (broad SMARTS) is 1. The van der Waals surface area contributed by atoms with Gasteiger partial charge in [0.05, 0.1) is 6.04 Å². The molecule has 7 amide bonds. The number of aromatic hydroxyl groups is 1. The highest BCUT2D eigenvalue weighted by Crippen LogP contribution is 2.23. The molecule has 0 aromatic heterocycles. The molecule has 1 aromatic rings. The van der Waals surface area contributed by atoms with Crippen molar-refractivity contribution in [1.82, 2.24) is 47.0 Å². The first-order valence-electron chi connectivity index (χ1n) is 25.8. The molecule has 2 aliphatic heterocycles. The molecule has 19 N–H and O–H groups in total. The maximum Gasteiger partial charge on any atom is 0.326 e. The number of hydrogen-bond acceptors (Lipinski definition) is 13. The number of guanidine groups is 2. The van der Waals surface area contributed by atoms with Gasteiger partial charge in [0, 0.05) is 32.6 Å². The number of unbranched alkanes of at least 4 members (excludes halogenated alkanes) is 1. The third kappa shape index (κ3) is 19.9. The molecular formula is C49H83N15O10. The number of rotatable bonds is 31. The first kappa shape index (κ1) is 61.5. The topological polar surface area (TPSA) is 419 Å². The van der Waals surface area contributed by atoms with Crippen molar-refractivity contribution in [3.8, 4) is 5.75 Å². The summed E-state index contributed by atoms with van der Waals surface area (Å²) >= 11 is 0. The molecule has 2 saturated heterocycles. The summed E-state index contributed by atoms with van der Waals surface area (Å²) in [5.74, 6) is -6.96. The molecule has 0 aliphatic carbocycles. The van der Waals surface area contributed by atoms with Gasteiger partial charge < -0.3 is 80.2 Å². The van der Waals surface area contributed by atoms with Crippen molar-refractivity contribution in [2.45, 2.75) is 166 Å². The fourth-order valence-corrected chi connectivity index (χ4v) is 9.03. The number of carboxylic acids is 1. The van der Waals surface area contributed by atoms with Gasteiger partial charge in [-0.15, -0.1) is 0 Å². The van der Waals surface area contributed by atoms with Crippen LogP contribution in [-0.2, 0) is 44.8 Å². The summed E-state index contributed by atoms with van der Waals surface area (Å²) < 4.78 is 0. The van der Waals surface area contributed by atoms with Gasteiger partial charge in [0.15, 0.2) is 11.9 Å². The zero-order valence-electron chi connectivity index (χ0n) is 43.4. The van der Waals surface area contributed by atoms with Gasteiger partial charge in [-0.3, -0.25) is 44.4 Å². The van der Waals surface area contributed by atoms with Crippen molar-refractivity contribution in [3.63, 3.8) is 0 Å². The molecule has 0 unspecified atom stereocenters. The van der Waals surface area contributed by atoms with Crippen LogP contribution in [0.1, 0.15) is 117 Å². The molecule has 0 spiro atoms. The first-order valence-corrected chi connectivity index (χ1v) is 25.8. The lowest BCUT2D eigenvalue weighted by Crippen LogP contribution is -2.60. The van der Waals surface area contributed by atoms with E-state index in [1.807, 2.05) is 13.8 Å². The predicted molar refractivity (Wildman–Crippen MR) is 277 cm³/mol. The number of carbonyl (C=O) groups excluding carboxylic acids is 7. The van der Waals surface area contributed by atoms with Crippen LogP contribution in [0.3, 0.4) is 0 Å². The lowest BCUT2D eigenvalue weighted by atomic mass is 9.96. The molecule has 2 heterocycles. The summed E-state index contributed by atoms with van der Waals surface area (Å²) in [5.41, 5.74) is 23.4. The monoisotopic (exact) mass is 1040 g/mol. The summed E-state index contributed by atoms with van der Waals surface area (Å²) in [6.45, 7) is 8.31. The van der Waals surface area contributed by atoms with Gasteiger partial charge >= 0.3 is 5.97 Å². The van der Waals surface area contributed by atoms with E-state index in [1.165, 1.54) is 21.9 Å². The van der Waals surface area contributed by atoms with Crippen molar-refractivity contribution in [2.24, 2.45) is 34.8 Å². The average Bonchev–Trinajstić information content (AvgIpc) is 4.06. The number of aliphatic carboxylic acids is 1. The van der Waals surface area contributed by atoms with Gasteiger partial charge in [-0.1, -0.05) is 52.7 Å². The smallest absolute Gasteiger partial charge is 0.326 e. The molecule has 25 heteroatoms. The highest BCUT2D eigenvalue weighted by molar-refractivity contribution is 5.98. The Hall–Kier alpha value is -6.76. The fraction of sp³-hybridized carbons (Fsp3) is 0.673. The van der Waals surface area contributed by atoms with E-state index >= 15 is 0 Å². The van der Waals surface area contributed by atoms with Gasteiger partial charge in [-0.2, -0.15) is 0 Å². The Labute approximate surface area is 433 Å². The van der Waals surface area contributed by atoms with Crippen molar-refractivity contribution in [1.29, 1.82) is 10.8 Å². The molecule has 74 heavy (non-hydrogen) atoms. The number of hydrogen-bond donors (Lipinski definition) is 15. The Morgan fingerprint density at radius 1 is 0.676 bits per heavy atom. The zero-order valence-corrected chi connectivity index (χ0v) is 43.4. The van der Waals surface area contributed by atoms with Crippen LogP contribution < -0.4 is 60.2 Å². The number of nitrogens with two attached hydrogens (primary N) is 4. The number of nitrogens with zero attached hydrogens (tertiary/aromatic N) is 2. The Kier molecular flexibility index (Phi) is 25.8. The lowest BCUT2D eigenvalue weighted by molar-refractivity contribution is -0.143. The molecule has 1 aromatic carbocycles. The summed E-state index contributed by atoms with van der Waals surface area (Å²) in [5, 5.41) is 54.0. The van der Waals surface area contributed by atoms with E-state index in [-0.39, 0.29) is 88.2 Å². The van der Waals surface area contributed by atoms with E-state index in [9.17, 15) is 48.6 Å². The summed E-state index contributed by atoms with van der Waals surface area (Å²) in [6.07, 6.45) is 4.06. The molecule has 2 aliphatic rings. The third-order valence-electron chi connectivity index (χ3n) is 13.3. The van der Waals surface area contributed by atoms with Gasteiger partial charge in [0.25, 0.3) is 0 Å². The fourth-order valence-electron chi connectivity index (χ4n) is 9.03. The van der Waals surface area contributed by atoms with E-state index in [0.717, 1.165) is 0 Å². The van der Waals surface area contributed by atoms with Crippen molar-refractivity contribution in [3.05, 3.63) is 29.8 Å². The number of phenolic OH excluding ortho intramolecular Hbond substituents is 1. The molecule has 9 atom stereocenters. The van der Waals surface area contributed by atoms with Crippen LogP contribution in [-0.4, -0.2) is 160 Å². The number of likely N-dealkylation sites (tertiary alicyclic amines) is 2. The first-order chi connectivity index (χ1) is 35.1. The van der Waals surface area contributed by atoms with E-state index in [2.05, 4.69) is 37.2 Å². The van der Waals surface area contributed by atoms with Crippen molar-refractivity contribution in [2.75, 3.05) is 32.7 Å². The summed E-state index contributed by atoms with van der Waals surface area (Å²) in [4.78, 5) is 114. The quantitative estimate of drug-likeness (QED) is 0.0229. The largest absolute Gasteiger partial charge is 0.508 e. The second kappa shape index (κ2) is 31.1. The number of carbonyl (C=O) groups is 8. The Bertz CT molecular complexity index is 2080. The van der Waals surface area contributed by atoms with E-state index in [0.29, 0.717) is 63.6 Å². The molecule has 25 nitrogen and oxygen atoms in total. The standard InChI is InChI=1S/C49H83N15O10/c1-5-29(4)39(44(70)61-36(47(73)74)26-28(2)3)62-41(67)35(27-30-17-19-31(65)20-18-30)60-43(69)38-16-11-25-64(38)46(72)34(14-9-23-57-49(54)55)59-40(66)33(13-8-22-56-48(52)53)58-42(68)37-15-10-24-63(37)45(71)32(51)12-6-7-21-50/h17-20,28-29,32-39,65H,5-16,21-27,50-51H2,1-4H3,(H,58,68)(H,59,66)(H,60,69)(H,61,70)(H,62,67)(H,73,74)(H4,52,53,56)(H4,54,55,57)/t29-,32-,33-,34-,35-,36-,37-,38-,39-/m0/s1. The minimum absolute atomic E-state index is 0.0000525. The molecule has 0 radical (unpaired) electrons. The number of phenols is 1. The van der Waals surface area contributed by atoms with Crippen molar-refractivity contribution >= 4 is 59.2 Å². The lowest BCUT2D eigenvalue weighted by Gasteiger charge is -2.32. The number of amides is 7. The van der Waals surface area contributed by atoms with Gasteiger partial charge in [-0.25, -0.2) is 4.79 Å². The molecule has 3 rings (SSSR count). The molecule has 414 valence electrons. The maximum atomic E-state index is 14.7. The van der Waals surface area contributed by atoms with Crippen LogP contribution in [0.2, 0.25) is 0 Å². The van der Waals surface area contributed by atoms with E-state index in [4.69, 9.17) is 33.8 Å². The van der Waals surface area contributed by atoms with Gasteiger partial charge in [0.1, 0.15) is 48.0 Å². The number of benzene rings is 1. The van der Waals surface area contributed by atoms with Crippen LogP contribution in [0.4, 0.5) is 0 Å². The average molecular weight is 1040 g/mol. The molecule has 0 bridgehead atoms. The Balaban J connectivity index is 1.92. The Morgan fingerprint density at radius 2 is 1.19 bits per heavy atom. The van der Waals surface area contributed by atoms with Crippen molar-refractivity contribution < 1.29 is 48.6 Å². The molecule has 0 saturated carbocycles.